The van der Waals surface area contributed by atoms with Crippen LogP contribution in [0.5, 0.6) is 0 Å². The van der Waals surface area contributed by atoms with Gasteiger partial charge in [0.05, 0.1) is 34.1 Å². The van der Waals surface area contributed by atoms with Crippen molar-refractivity contribution in [2.45, 2.75) is 25.7 Å². The van der Waals surface area contributed by atoms with Crippen molar-refractivity contribution in [1.82, 2.24) is 4.98 Å². The second-order valence-electron chi connectivity index (χ2n) is 8.19. The highest BCUT2D eigenvalue weighted by molar-refractivity contribution is 6.05. The van der Waals surface area contributed by atoms with Crippen molar-refractivity contribution in [1.29, 1.82) is 0 Å². The van der Waals surface area contributed by atoms with Gasteiger partial charge in [0.25, 0.3) is 0 Å². The van der Waals surface area contributed by atoms with E-state index in [4.69, 9.17) is 18.9 Å². The normalized spacial score (nSPS) is 17.2. The molecule has 168 valence electrons. The number of fused-ring (bicyclic) bond motifs is 2. The minimum atomic E-state index is -1.62. The zero-order valence-corrected chi connectivity index (χ0v) is 18.3. The molecule has 2 aliphatic carbocycles. The summed E-state index contributed by atoms with van der Waals surface area (Å²) in [5.41, 5.74) is -0.461. The van der Waals surface area contributed by atoms with Gasteiger partial charge in [0.2, 0.25) is 0 Å². The molecule has 0 saturated carbocycles. The Kier molecular flexibility index (Phi) is 5.15. The number of pyridine rings is 1. The van der Waals surface area contributed by atoms with Gasteiger partial charge in [0.1, 0.15) is 0 Å². The molecule has 1 aromatic carbocycles. The van der Waals surface area contributed by atoms with Gasteiger partial charge in [0.15, 0.2) is 10.8 Å². The van der Waals surface area contributed by atoms with Gasteiger partial charge in [-0.15, -0.1) is 0 Å². The number of rotatable bonds is 4. The first-order valence-electron chi connectivity index (χ1n) is 10.0. The molecular weight excluding hydrogens is 418 g/mol. The smallest absolute Gasteiger partial charge is 0.323 e. The molecule has 2 aliphatic rings. The van der Waals surface area contributed by atoms with E-state index in [2.05, 4.69) is 4.98 Å². The fraction of sp³-hybridized carbons (Fsp3) is 0.435. The maximum atomic E-state index is 12.9. The van der Waals surface area contributed by atoms with Crippen LogP contribution < -0.4 is 0 Å². The van der Waals surface area contributed by atoms with Crippen LogP contribution >= 0.6 is 0 Å². The third kappa shape index (κ3) is 2.80. The second-order valence-corrected chi connectivity index (χ2v) is 8.19. The van der Waals surface area contributed by atoms with E-state index < -0.39 is 34.7 Å². The fourth-order valence-corrected chi connectivity index (χ4v) is 5.18. The number of hydrogen-bond donors (Lipinski definition) is 0. The van der Waals surface area contributed by atoms with E-state index in [1.807, 2.05) is 12.1 Å². The van der Waals surface area contributed by atoms with Crippen LogP contribution in [0.1, 0.15) is 22.4 Å². The Labute approximate surface area is 184 Å². The predicted molar refractivity (Wildman–Crippen MR) is 109 cm³/mol. The number of aromatic nitrogens is 1. The lowest BCUT2D eigenvalue weighted by Crippen LogP contribution is -2.47. The molecule has 32 heavy (non-hydrogen) atoms. The summed E-state index contributed by atoms with van der Waals surface area (Å²) in [5, 5.41) is 1.65. The van der Waals surface area contributed by atoms with Crippen molar-refractivity contribution in [2.24, 2.45) is 10.8 Å². The Morgan fingerprint density at radius 2 is 1.25 bits per heavy atom. The summed E-state index contributed by atoms with van der Waals surface area (Å²) in [5.74, 6) is -2.84. The van der Waals surface area contributed by atoms with Crippen LogP contribution in [0, 0.1) is 10.8 Å². The highest BCUT2D eigenvalue weighted by Crippen LogP contribution is 2.48. The summed E-state index contributed by atoms with van der Waals surface area (Å²) < 4.78 is 19.9. The molecule has 0 bridgehead atoms. The van der Waals surface area contributed by atoms with Gasteiger partial charge in [-0.25, -0.2) is 0 Å². The molecule has 0 spiro atoms. The highest BCUT2D eigenvalue weighted by Gasteiger charge is 2.56. The first-order chi connectivity index (χ1) is 15.3. The topological polar surface area (TPSA) is 118 Å². The molecule has 0 atom stereocenters. The standard InChI is InChI=1S/C23H23NO8/c1-29-18(25)22(19(26)30-2)8-13-7-12-5-6-24-16-11-23(20(27)31-3,21(28)32-4)10-15(17(12)16)14(13)9-22/h5-7H,8-11H2,1-4H3. The van der Waals surface area contributed by atoms with Crippen molar-refractivity contribution in [3.8, 4) is 0 Å². The number of nitrogens with zero attached hydrogens (tertiary/aromatic N) is 1. The zero-order valence-electron chi connectivity index (χ0n) is 18.3. The summed E-state index contributed by atoms with van der Waals surface area (Å²) >= 11 is 0. The van der Waals surface area contributed by atoms with Gasteiger partial charge in [0, 0.05) is 30.8 Å². The van der Waals surface area contributed by atoms with Crippen LogP contribution in [-0.4, -0.2) is 57.3 Å². The average molecular weight is 441 g/mol. The van der Waals surface area contributed by atoms with Crippen molar-refractivity contribution in [3.63, 3.8) is 0 Å². The molecule has 9 heteroatoms. The van der Waals surface area contributed by atoms with Crippen molar-refractivity contribution < 1.29 is 38.1 Å². The van der Waals surface area contributed by atoms with E-state index >= 15 is 0 Å². The molecular formula is C23H23NO8. The third-order valence-electron chi connectivity index (χ3n) is 6.67. The second kappa shape index (κ2) is 7.58. The van der Waals surface area contributed by atoms with E-state index in [-0.39, 0.29) is 25.7 Å². The lowest BCUT2D eigenvalue weighted by Gasteiger charge is -2.33. The van der Waals surface area contributed by atoms with E-state index in [1.54, 1.807) is 6.20 Å². The van der Waals surface area contributed by atoms with Crippen LogP contribution in [0.15, 0.2) is 18.3 Å². The lowest BCUT2D eigenvalue weighted by molar-refractivity contribution is -0.170. The number of methoxy groups -OCH3 is 4. The number of esters is 4. The van der Waals surface area contributed by atoms with Gasteiger partial charge in [-0.1, -0.05) is 6.07 Å². The fourth-order valence-electron chi connectivity index (χ4n) is 5.18. The Morgan fingerprint density at radius 1 is 0.750 bits per heavy atom. The van der Waals surface area contributed by atoms with Gasteiger partial charge >= 0.3 is 23.9 Å². The van der Waals surface area contributed by atoms with Crippen LogP contribution in [0.3, 0.4) is 0 Å². The summed E-state index contributed by atoms with van der Waals surface area (Å²) in [7, 11) is 4.87. The SMILES string of the molecule is COC(=O)C1(C(=O)OC)Cc2cc3ccnc4c3c(c2C1)CC(C(=O)OC)(C(=O)OC)C4. The molecule has 9 nitrogen and oxygen atoms in total. The minimum absolute atomic E-state index is 0.00311. The molecule has 1 heterocycles. The number of hydrogen-bond acceptors (Lipinski definition) is 9. The van der Waals surface area contributed by atoms with Gasteiger partial charge < -0.3 is 18.9 Å². The van der Waals surface area contributed by atoms with Crippen molar-refractivity contribution >= 4 is 34.6 Å². The predicted octanol–water partition coefficient (Wildman–Crippen LogP) is 1.10. The summed E-state index contributed by atoms with van der Waals surface area (Å²) in [6, 6.07) is 3.73. The maximum Gasteiger partial charge on any atom is 0.323 e. The molecule has 0 radical (unpaired) electrons. The molecule has 1 aromatic heterocycles. The molecule has 2 aromatic rings. The van der Waals surface area contributed by atoms with Crippen molar-refractivity contribution in [2.75, 3.05) is 28.4 Å². The highest BCUT2D eigenvalue weighted by atomic mass is 16.6. The van der Waals surface area contributed by atoms with E-state index in [0.717, 1.165) is 16.3 Å². The minimum Gasteiger partial charge on any atom is -0.468 e. The Balaban J connectivity index is 1.97. The number of carbonyl (C=O) groups is 4. The van der Waals surface area contributed by atoms with Crippen LogP contribution in [0.25, 0.3) is 10.8 Å². The van der Waals surface area contributed by atoms with E-state index in [9.17, 15) is 19.2 Å². The molecule has 0 aliphatic heterocycles. The molecule has 0 fully saturated rings. The van der Waals surface area contributed by atoms with Gasteiger partial charge in [-0.05, 0) is 34.6 Å². The van der Waals surface area contributed by atoms with Gasteiger partial charge in [-0.3, -0.25) is 24.2 Å². The largest absolute Gasteiger partial charge is 0.468 e. The summed E-state index contributed by atoms with van der Waals surface area (Å²) in [4.78, 5) is 55.6. The molecule has 4 rings (SSSR count). The Hall–Kier alpha value is -3.49. The number of carbonyl (C=O) groups excluding carboxylic acids is 4. The summed E-state index contributed by atoms with van der Waals surface area (Å²) in [6.45, 7) is 0. The molecule has 0 unspecified atom stereocenters. The molecule has 0 N–H and O–H groups in total. The number of ether oxygens (including phenoxy) is 4. The monoisotopic (exact) mass is 441 g/mol. The first-order valence-corrected chi connectivity index (χ1v) is 10.0. The molecule has 0 amide bonds. The lowest BCUT2D eigenvalue weighted by atomic mass is 9.70. The van der Waals surface area contributed by atoms with Crippen molar-refractivity contribution in [3.05, 3.63) is 40.7 Å². The third-order valence-corrected chi connectivity index (χ3v) is 6.67. The van der Waals surface area contributed by atoms with Crippen LogP contribution in [0.2, 0.25) is 0 Å². The first kappa shape index (κ1) is 21.7. The van der Waals surface area contributed by atoms with Crippen LogP contribution in [-0.2, 0) is 63.8 Å². The quantitative estimate of drug-likeness (QED) is 0.390. The van der Waals surface area contributed by atoms with Gasteiger partial charge in [-0.2, -0.15) is 0 Å². The number of benzene rings is 1. The van der Waals surface area contributed by atoms with E-state index in [1.165, 1.54) is 28.4 Å². The Morgan fingerprint density at radius 3 is 1.78 bits per heavy atom. The van der Waals surface area contributed by atoms with Crippen LogP contribution in [0.4, 0.5) is 0 Å². The maximum absolute atomic E-state index is 12.9. The Bertz CT molecular complexity index is 1140. The molecule has 0 saturated heterocycles. The summed E-state index contributed by atoms with van der Waals surface area (Å²) in [6.07, 6.45) is 1.74. The average Bonchev–Trinajstić information content (AvgIpc) is 3.22. The van der Waals surface area contributed by atoms with E-state index in [0.29, 0.717) is 16.8 Å². The zero-order chi connectivity index (χ0) is 23.3.